The molecule has 1 aliphatic rings. The summed E-state index contributed by atoms with van der Waals surface area (Å²) in [5.41, 5.74) is 5.15. The maximum absolute atomic E-state index is 12.0. The first-order valence-electron chi connectivity index (χ1n) is 5.53. The van der Waals surface area contributed by atoms with Crippen LogP contribution in [0.4, 0.5) is 4.79 Å². The zero-order valence-corrected chi connectivity index (χ0v) is 11.1. The standard InChI is InChI=1S/C11H20N2O2S/c1-7-5-6-8(9(12)16)13(7)10(14)15-11(2,3)4/h7-8H,5-6H2,1-4H3,(H2,12,16). The minimum atomic E-state index is -0.486. The summed E-state index contributed by atoms with van der Waals surface area (Å²) in [6.07, 6.45) is 1.42. The van der Waals surface area contributed by atoms with Crippen LogP contribution in [0, 0.1) is 0 Å². The van der Waals surface area contributed by atoms with Gasteiger partial charge < -0.3 is 10.5 Å². The molecule has 2 unspecified atom stereocenters. The summed E-state index contributed by atoms with van der Waals surface area (Å²) in [5.74, 6) is 0. The molecule has 0 aromatic heterocycles. The monoisotopic (exact) mass is 244 g/mol. The van der Waals surface area contributed by atoms with E-state index in [1.165, 1.54) is 0 Å². The molecule has 0 spiro atoms. The second-order valence-corrected chi connectivity index (χ2v) is 5.70. The highest BCUT2D eigenvalue weighted by atomic mass is 32.1. The molecule has 0 radical (unpaired) electrons. The molecule has 5 heteroatoms. The summed E-state index contributed by atoms with van der Waals surface area (Å²) >= 11 is 4.97. The van der Waals surface area contributed by atoms with E-state index in [1.54, 1.807) is 4.90 Å². The van der Waals surface area contributed by atoms with Crippen molar-refractivity contribution < 1.29 is 9.53 Å². The van der Waals surface area contributed by atoms with Gasteiger partial charge in [-0.1, -0.05) is 12.2 Å². The largest absolute Gasteiger partial charge is 0.444 e. The van der Waals surface area contributed by atoms with Crippen LogP contribution < -0.4 is 5.73 Å². The quantitative estimate of drug-likeness (QED) is 0.717. The van der Waals surface area contributed by atoms with Crippen molar-refractivity contribution >= 4 is 23.3 Å². The summed E-state index contributed by atoms with van der Waals surface area (Å²) < 4.78 is 5.34. The normalized spacial score (nSPS) is 25.6. The van der Waals surface area contributed by atoms with E-state index in [9.17, 15) is 4.79 Å². The van der Waals surface area contributed by atoms with Gasteiger partial charge in [-0.2, -0.15) is 0 Å². The van der Waals surface area contributed by atoms with Crippen molar-refractivity contribution in [3.8, 4) is 0 Å². The summed E-state index contributed by atoms with van der Waals surface area (Å²) in [7, 11) is 0. The lowest BCUT2D eigenvalue weighted by Crippen LogP contribution is -2.47. The fourth-order valence-electron chi connectivity index (χ4n) is 1.89. The number of hydrogen-bond acceptors (Lipinski definition) is 3. The van der Waals surface area contributed by atoms with Gasteiger partial charge >= 0.3 is 6.09 Å². The second kappa shape index (κ2) is 4.57. The molecule has 0 bridgehead atoms. The third kappa shape index (κ3) is 3.07. The van der Waals surface area contributed by atoms with E-state index < -0.39 is 5.60 Å². The number of thiocarbonyl (C=S) groups is 1. The van der Waals surface area contributed by atoms with E-state index in [0.29, 0.717) is 4.99 Å². The SMILES string of the molecule is CC1CCC(C(N)=S)N1C(=O)OC(C)(C)C. The smallest absolute Gasteiger partial charge is 0.411 e. The Balaban J connectivity index is 2.76. The Labute approximate surface area is 102 Å². The fourth-order valence-corrected chi connectivity index (χ4v) is 2.12. The van der Waals surface area contributed by atoms with Crippen LogP contribution in [0.2, 0.25) is 0 Å². The predicted molar refractivity (Wildman–Crippen MR) is 67.3 cm³/mol. The zero-order valence-electron chi connectivity index (χ0n) is 10.3. The van der Waals surface area contributed by atoms with Crippen molar-refractivity contribution in [3.63, 3.8) is 0 Å². The van der Waals surface area contributed by atoms with Crippen molar-refractivity contribution in [3.05, 3.63) is 0 Å². The average molecular weight is 244 g/mol. The molecule has 1 fully saturated rings. The maximum atomic E-state index is 12.0. The van der Waals surface area contributed by atoms with Gasteiger partial charge in [0.15, 0.2) is 0 Å². The Morgan fingerprint density at radius 2 is 2.00 bits per heavy atom. The van der Waals surface area contributed by atoms with Crippen molar-refractivity contribution in [2.45, 2.75) is 58.2 Å². The van der Waals surface area contributed by atoms with E-state index in [4.69, 9.17) is 22.7 Å². The molecule has 16 heavy (non-hydrogen) atoms. The zero-order chi connectivity index (χ0) is 12.5. The molecular weight excluding hydrogens is 224 g/mol. The van der Waals surface area contributed by atoms with Crippen LogP contribution in [-0.4, -0.2) is 33.7 Å². The molecule has 1 aliphatic heterocycles. The number of carbonyl (C=O) groups is 1. The van der Waals surface area contributed by atoms with Crippen LogP contribution in [0.25, 0.3) is 0 Å². The molecule has 2 N–H and O–H groups in total. The first-order valence-corrected chi connectivity index (χ1v) is 5.94. The van der Waals surface area contributed by atoms with Gasteiger partial charge in [-0.3, -0.25) is 4.90 Å². The van der Waals surface area contributed by atoms with E-state index >= 15 is 0 Å². The minimum absolute atomic E-state index is 0.140. The third-order valence-electron chi connectivity index (χ3n) is 2.60. The molecule has 92 valence electrons. The molecule has 1 rings (SSSR count). The molecule has 1 amide bonds. The molecule has 0 aliphatic carbocycles. The summed E-state index contributed by atoms with van der Waals surface area (Å²) in [5, 5.41) is 0. The summed E-state index contributed by atoms with van der Waals surface area (Å²) in [4.78, 5) is 14.0. The van der Waals surface area contributed by atoms with Gasteiger partial charge in [0.1, 0.15) is 5.60 Å². The van der Waals surface area contributed by atoms with E-state index in [-0.39, 0.29) is 18.2 Å². The van der Waals surface area contributed by atoms with Gasteiger partial charge in [0.25, 0.3) is 0 Å². The first kappa shape index (κ1) is 13.2. The summed E-state index contributed by atoms with van der Waals surface area (Å²) in [6, 6.07) is -0.0128. The molecule has 2 atom stereocenters. The first-order chi connectivity index (χ1) is 7.22. The molecule has 0 aromatic carbocycles. The number of amides is 1. The van der Waals surface area contributed by atoms with Gasteiger partial charge in [0, 0.05) is 6.04 Å². The molecular formula is C11H20N2O2S. The van der Waals surface area contributed by atoms with Gasteiger partial charge in [-0.15, -0.1) is 0 Å². The van der Waals surface area contributed by atoms with Crippen LogP contribution >= 0.6 is 12.2 Å². The number of nitrogens with zero attached hydrogens (tertiary/aromatic N) is 1. The predicted octanol–water partition coefficient (Wildman–Crippen LogP) is 2.06. The van der Waals surface area contributed by atoms with Crippen LogP contribution in [0.5, 0.6) is 0 Å². The van der Waals surface area contributed by atoms with Crippen LogP contribution in [0.1, 0.15) is 40.5 Å². The second-order valence-electron chi connectivity index (χ2n) is 5.23. The number of rotatable bonds is 1. The molecule has 1 saturated heterocycles. The topological polar surface area (TPSA) is 55.6 Å². The van der Waals surface area contributed by atoms with Crippen molar-refractivity contribution in [2.24, 2.45) is 5.73 Å². The van der Waals surface area contributed by atoms with Crippen molar-refractivity contribution in [2.75, 3.05) is 0 Å². The average Bonchev–Trinajstić information content (AvgIpc) is 2.43. The number of nitrogens with two attached hydrogens (primary N) is 1. The molecule has 4 nitrogen and oxygen atoms in total. The van der Waals surface area contributed by atoms with E-state index in [1.807, 2.05) is 27.7 Å². The number of carbonyl (C=O) groups excluding carboxylic acids is 1. The van der Waals surface area contributed by atoms with Gasteiger partial charge in [0.05, 0.1) is 11.0 Å². The highest BCUT2D eigenvalue weighted by Gasteiger charge is 2.38. The van der Waals surface area contributed by atoms with E-state index in [2.05, 4.69) is 0 Å². The fraction of sp³-hybridized carbons (Fsp3) is 0.818. The van der Waals surface area contributed by atoms with Crippen molar-refractivity contribution in [1.29, 1.82) is 0 Å². The number of ether oxygens (including phenoxy) is 1. The minimum Gasteiger partial charge on any atom is -0.444 e. The maximum Gasteiger partial charge on any atom is 0.411 e. The Hall–Kier alpha value is -0.840. The Morgan fingerprint density at radius 1 is 1.44 bits per heavy atom. The Morgan fingerprint density at radius 3 is 2.44 bits per heavy atom. The lowest BCUT2D eigenvalue weighted by Gasteiger charge is -2.30. The molecule has 0 aromatic rings. The van der Waals surface area contributed by atoms with Gasteiger partial charge in [-0.25, -0.2) is 4.79 Å². The molecule has 1 heterocycles. The Bertz CT molecular complexity index is 299. The highest BCUT2D eigenvalue weighted by molar-refractivity contribution is 7.80. The number of hydrogen-bond donors (Lipinski definition) is 1. The van der Waals surface area contributed by atoms with Gasteiger partial charge in [0.2, 0.25) is 0 Å². The lowest BCUT2D eigenvalue weighted by molar-refractivity contribution is 0.0206. The van der Waals surface area contributed by atoms with Crippen LogP contribution in [0.15, 0.2) is 0 Å². The van der Waals surface area contributed by atoms with Gasteiger partial charge in [-0.05, 0) is 40.5 Å². The Kier molecular flexibility index (Phi) is 3.78. The van der Waals surface area contributed by atoms with Crippen molar-refractivity contribution in [1.82, 2.24) is 4.90 Å². The lowest BCUT2D eigenvalue weighted by atomic mass is 10.2. The van der Waals surface area contributed by atoms with Crippen LogP contribution in [0.3, 0.4) is 0 Å². The third-order valence-corrected chi connectivity index (χ3v) is 2.87. The van der Waals surface area contributed by atoms with E-state index in [0.717, 1.165) is 12.8 Å². The van der Waals surface area contributed by atoms with Crippen LogP contribution in [-0.2, 0) is 4.74 Å². The molecule has 0 saturated carbocycles. The number of likely N-dealkylation sites (tertiary alicyclic amines) is 1. The summed E-state index contributed by atoms with van der Waals surface area (Å²) in [6.45, 7) is 7.53. The highest BCUT2D eigenvalue weighted by Crippen LogP contribution is 2.26.